The zero-order chi connectivity index (χ0) is 14.2. The standard InChI is InChI=1S/C12H18O7/c1-12(2)18-7-4-8(11(15)16-3)17-9(6(14)5-13)10(7)19-12/h4,6-7,9-10,13-14H,5H2,1-3H3/t6-,7-,9-,10-/m1/s1. The number of esters is 1. The summed E-state index contributed by atoms with van der Waals surface area (Å²) in [6.45, 7) is 2.94. The first kappa shape index (κ1) is 14.3. The highest BCUT2D eigenvalue weighted by Crippen LogP contribution is 2.36. The molecule has 19 heavy (non-hydrogen) atoms. The lowest BCUT2D eigenvalue weighted by atomic mass is 10.00. The van der Waals surface area contributed by atoms with Gasteiger partial charge in [0.2, 0.25) is 5.76 Å². The van der Waals surface area contributed by atoms with Crippen molar-refractivity contribution in [2.45, 2.75) is 44.1 Å². The SMILES string of the molecule is COC(=O)C1=C[C@H]2OC(C)(C)O[C@H]2[C@@H]([C@H](O)CO)O1. The van der Waals surface area contributed by atoms with Gasteiger partial charge in [-0.25, -0.2) is 4.79 Å². The zero-order valence-corrected chi connectivity index (χ0v) is 11.0. The van der Waals surface area contributed by atoms with E-state index in [2.05, 4.69) is 4.74 Å². The molecule has 2 heterocycles. The van der Waals surface area contributed by atoms with Gasteiger partial charge >= 0.3 is 5.97 Å². The topological polar surface area (TPSA) is 94.5 Å². The lowest BCUT2D eigenvalue weighted by Gasteiger charge is -2.33. The molecule has 0 bridgehead atoms. The van der Waals surface area contributed by atoms with Gasteiger partial charge in [-0.05, 0) is 19.9 Å². The second kappa shape index (κ2) is 5.09. The van der Waals surface area contributed by atoms with Gasteiger partial charge in [-0.3, -0.25) is 0 Å². The van der Waals surface area contributed by atoms with Crippen LogP contribution in [0.2, 0.25) is 0 Å². The Hall–Kier alpha value is -1.15. The van der Waals surface area contributed by atoms with E-state index in [1.807, 2.05) is 0 Å². The molecule has 7 nitrogen and oxygen atoms in total. The van der Waals surface area contributed by atoms with Crippen LogP contribution in [0.3, 0.4) is 0 Å². The van der Waals surface area contributed by atoms with E-state index < -0.39 is 42.8 Å². The first-order valence-electron chi connectivity index (χ1n) is 5.99. The maximum Gasteiger partial charge on any atom is 0.373 e. The molecule has 2 aliphatic heterocycles. The Morgan fingerprint density at radius 3 is 2.79 bits per heavy atom. The number of carbonyl (C=O) groups excluding carboxylic acids is 1. The quantitative estimate of drug-likeness (QED) is 0.658. The molecule has 2 aliphatic rings. The minimum atomic E-state index is -1.18. The van der Waals surface area contributed by atoms with Crippen LogP contribution in [0.25, 0.3) is 0 Å². The molecule has 0 unspecified atom stereocenters. The van der Waals surface area contributed by atoms with Crippen LogP contribution >= 0.6 is 0 Å². The van der Waals surface area contributed by atoms with Crippen molar-refractivity contribution in [2.24, 2.45) is 0 Å². The summed E-state index contributed by atoms with van der Waals surface area (Å²) in [7, 11) is 1.23. The van der Waals surface area contributed by atoms with Crippen LogP contribution < -0.4 is 0 Å². The smallest absolute Gasteiger partial charge is 0.373 e. The first-order chi connectivity index (χ1) is 8.88. The summed E-state index contributed by atoms with van der Waals surface area (Å²) in [5, 5.41) is 18.8. The number of fused-ring (bicyclic) bond motifs is 1. The van der Waals surface area contributed by atoms with Gasteiger partial charge < -0.3 is 29.2 Å². The Bertz CT molecular complexity index is 390. The largest absolute Gasteiger partial charge is 0.478 e. The third-order valence-corrected chi connectivity index (χ3v) is 3.02. The number of aliphatic hydroxyl groups is 2. The molecule has 0 aromatic carbocycles. The maximum absolute atomic E-state index is 11.5. The van der Waals surface area contributed by atoms with E-state index in [-0.39, 0.29) is 5.76 Å². The lowest BCUT2D eigenvalue weighted by Crippen LogP contribution is -2.49. The molecule has 108 valence electrons. The summed E-state index contributed by atoms with van der Waals surface area (Å²) in [6.07, 6.45) is -1.74. The molecule has 7 heteroatoms. The summed E-state index contributed by atoms with van der Waals surface area (Å²) >= 11 is 0. The highest BCUT2D eigenvalue weighted by molar-refractivity contribution is 5.86. The van der Waals surface area contributed by atoms with Crippen molar-refractivity contribution in [3.05, 3.63) is 11.8 Å². The average molecular weight is 274 g/mol. The molecule has 1 fully saturated rings. The lowest BCUT2D eigenvalue weighted by molar-refractivity contribution is -0.169. The molecular weight excluding hydrogens is 256 g/mol. The Morgan fingerprint density at radius 2 is 2.21 bits per heavy atom. The normalized spacial score (nSPS) is 33.9. The average Bonchev–Trinajstić information content (AvgIpc) is 2.69. The van der Waals surface area contributed by atoms with Gasteiger partial charge in [-0.1, -0.05) is 0 Å². The van der Waals surface area contributed by atoms with E-state index in [0.717, 1.165) is 0 Å². The Morgan fingerprint density at radius 1 is 1.53 bits per heavy atom. The van der Waals surface area contributed by atoms with Crippen LogP contribution in [-0.2, 0) is 23.7 Å². The zero-order valence-electron chi connectivity index (χ0n) is 11.0. The summed E-state index contributed by atoms with van der Waals surface area (Å²) in [5.41, 5.74) is 0. The van der Waals surface area contributed by atoms with Crippen LogP contribution in [0, 0.1) is 0 Å². The predicted molar refractivity (Wildman–Crippen MR) is 61.9 cm³/mol. The van der Waals surface area contributed by atoms with Gasteiger partial charge in [0.1, 0.15) is 18.3 Å². The van der Waals surface area contributed by atoms with E-state index >= 15 is 0 Å². The van der Waals surface area contributed by atoms with Crippen molar-refractivity contribution in [2.75, 3.05) is 13.7 Å². The number of aliphatic hydroxyl groups excluding tert-OH is 2. The molecule has 4 atom stereocenters. The molecular formula is C12H18O7. The van der Waals surface area contributed by atoms with Crippen molar-refractivity contribution in [1.82, 2.24) is 0 Å². The van der Waals surface area contributed by atoms with Crippen molar-refractivity contribution < 1.29 is 34.0 Å². The van der Waals surface area contributed by atoms with Gasteiger partial charge in [0, 0.05) is 0 Å². The minimum absolute atomic E-state index is 0.0532. The van der Waals surface area contributed by atoms with Crippen LogP contribution in [0.1, 0.15) is 13.8 Å². The van der Waals surface area contributed by atoms with Gasteiger partial charge in [-0.15, -0.1) is 0 Å². The van der Waals surface area contributed by atoms with Crippen molar-refractivity contribution in [3.8, 4) is 0 Å². The number of rotatable bonds is 3. The van der Waals surface area contributed by atoms with Crippen LogP contribution in [0.4, 0.5) is 0 Å². The number of ether oxygens (including phenoxy) is 4. The van der Waals surface area contributed by atoms with Crippen molar-refractivity contribution >= 4 is 5.97 Å². The summed E-state index contributed by atoms with van der Waals surface area (Å²) in [5.74, 6) is -1.57. The molecule has 1 saturated heterocycles. The van der Waals surface area contributed by atoms with Crippen LogP contribution in [0.5, 0.6) is 0 Å². The van der Waals surface area contributed by atoms with Gasteiger partial charge in [-0.2, -0.15) is 0 Å². The minimum Gasteiger partial charge on any atom is -0.478 e. The summed E-state index contributed by atoms with van der Waals surface area (Å²) in [4.78, 5) is 11.5. The number of hydrogen-bond donors (Lipinski definition) is 2. The van der Waals surface area contributed by atoms with Crippen molar-refractivity contribution in [1.29, 1.82) is 0 Å². The first-order valence-corrected chi connectivity index (χ1v) is 5.99. The monoisotopic (exact) mass is 274 g/mol. The molecule has 0 saturated carbocycles. The molecule has 0 aromatic heterocycles. The molecule has 2 N–H and O–H groups in total. The highest BCUT2D eigenvalue weighted by atomic mass is 16.8. The fourth-order valence-electron chi connectivity index (χ4n) is 2.22. The summed E-state index contributed by atoms with van der Waals surface area (Å²) < 4.78 is 21.2. The third-order valence-electron chi connectivity index (χ3n) is 3.02. The van der Waals surface area contributed by atoms with E-state index in [4.69, 9.17) is 19.3 Å². The van der Waals surface area contributed by atoms with Crippen LogP contribution in [0.15, 0.2) is 11.8 Å². The maximum atomic E-state index is 11.5. The molecule has 0 aliphatic carbocycles. The van der Waals surface area contributed by atoms with Gasteiger partial charge in [0.25, 0.3) is 0 Å². The molecule has 0 amide bonds. The molecule has 2 rings (SSSR count). The number of hydrogen-bond acceptors (Lipinski definition) is 7. The fraction of sp³-hybridized carbons (Fsp3) is 0.750. The second-order valence-electron chi connectivity index (χ2n) is 4.92. The van der Waals surface area contributed by atoms with E-state index in [0.29, 0.717) is 0 Å². The molecule has 0 radical (unpaired) electrons. The van der Waals surface area contributed by atoms with Crippen LogP contribution in [-0.4, -0.2) is 60.1 Å². The van der Waals surface area contributed by atoms with E-state index in [9.17, 15) is 9.90 Å². The molecule has 0 spiro atoms. The number of methoxy groups -OCH3 is 1. The fourth-order valence-corrected chi connectivity index (χ4v) is 2.22. The highest BCUT2D eigenvalue weighted by Gasteiger charge is 2.50. The predicted octanol–water partition coefficient (Wildman–Crippen LogP) is -0.685. The summed E-state index contributed by atoms with van der Waals surface area (Å²) in [6, 6.07) is 0. The second-order valence-corrected chi connectivity index (χ2v) is 4.92. The Balaban J connectivity index is 2.27. The van der Waals surface area contributed by atoms with Crippen molar-refractivity contribution in [3.63, 3.8) is 0 Å². The Labute approximate surface area is 110 Å². The van der Waals surface area contributed by atoms with Gasteiger partial charge in [0.05, 0.1) is 13.7 Å². The molecule has 0 aromatic rings. The van der Waals surface area contributed by atoms with E-state index in [1.54, 1.807) is 13.8 Å². The Kier molecular flexibility index (Phi) is 3.82. The third kappa shape index (κ3) is 2.74. The van der Waals surface area contributed by atoms with E-state index in [1.165, 1.54) is 13.2 Å². The van der Waals surface area contributed by atoms with Gasteiger partial charge in [0.15, 0.2) is 11.9 Å². The number of carbonyl (C=O) groups is 1.